The third-order valence-corrected chi connectivity index (χ3v) is 2.95. The fourth-order valence-corrected chi connectivity index (χ4v) is 2.01. The Kier molecular flexibility index (Phi) is 3.64. The first-order valence-electron chi connectivity index (χ1n) is 5.92. The van der Waals surface area contributed by atoms with Gasteiger partial charge in [0.2, 0.25) is 5.91 Å². The maximum Gasteiger partial charge on any atom is 0.224 e. The molecule has 0 spiro atoms. The molecule has 1 amide bonds. The van der Waals surface area contributed by atoms with E-state index in [4.69, 9.17) is 4.74 Å². The summed E-state index contributed by atoms with van der Waals surface area (Å²) < 4.78 is 5.72. The van der Waals surface area contributed by atoms with E-state index in [2.05, 4.69) is 10.6 Å². The van der Waals surface area contributed by atoms with Crippen molar-refractivity contribution >= 4 is 11.6 Å². The van der Waals surface area contributed by atoms with Gasteiger partial charge in [-0.2, -0.15) is 0 Å². The van der Waals surface area contributed by atoms with E-state index < -0.39 is 0 Å². The van der Waals surface area contributed by atoms with Crippen molar-refractivity contribution in [3.05, 3.63) is 23.3 Å². The number of aryl methyl sites for hydroxylation is 1. The number of fused-ring (bicyclic) bond motifs is 1. The van der Waals surface area contributed by atoms with Crippen LogP contribution in [0.25, 0.3) is 0 Å². The molecule has 0 saturated carbocycles. The number of hydrogen-bond donors (Lipinski definition) is 2. The zero-order valence-corrected chi connectivity index (χ0v) is 10.3. The highest BCUT2D eigenvalue weighted by molar-refractivity contribution is 5.95. The lowest BCUT2D eigenvalue weighted by Crippen LogP contribution is -2.21. The normalized spacial score (nSPS) is 14.1. The largest absolute Gasteiger partial charge is 0.492 e. The van der Waals surface area contributed by atoms with E-state index >= 15 is 0 Å². The van der Waals surface area contributed by atoms with Crippen molar-refractivity contribution in [1.82, 2.24) is 5.32 Å². The van der Waals surface area contributed by atoms with Gasteiger partial charge in [-0.15, -0.1) is 0 Å². The lowest BCUT2D eigenvalue weighted by atomic mass is 9.98. The number of amides is 1. The number of anilines is 1. The molecule has 17 heavy (non-hydrogen) atoms. The summed E-state index contributed by atoms with van der Waals surface area (Å²) in [5, 5.41) is 5.97. The van der Waals surface area contributed by atoms with Crippen LogP contribution in [0.5, 0.6) is 5.75 Å². The van der Waals surface area contributed by atoms with Crippen LogP contribution in [-0.2, 0) is 11.2 Å². The first-order valence-corrected chi connectivity index (χ1v) is 5.92. The summed E-state index contributed by atoms with van der Waals surface area (Å²) in [7, 11) is 1.90. The van der Waals surface area contributed by atoms with Gasteiger partial charge in [-0.25, -0.2) is 0 Å². The lowest BCUT2D eigenvalue weighted by molar-refractivity contribution is -0.116. The van der Waals surface area contributed by atoms with Crippen LogP contribution < -0.4 is 15.4 Å². The predicted octanol–water partition coefficient (Wildman–Crippen LogP) is 1.48. The molecular weight excluding hydrogens is 216 g/mol. The molecule has 92 valence electrons. The summed E-state index contributed by atoms with van der Waals surface area (Å²) in [6.45, 7) is 3.46. The van der Waals surface area contributed by atoms with Gasteiger partial charge in [0.15, 0.2) is 0 Å². The minimum atomic E-state index is 0.0907. The zero-order valence-electron chi connectivity index (χ0n) is 10.3. The van der Waals surface area contributed by atoms with Crippen molar-refractivity contribution in [1.29, 1.82) is 0 Å². The van der Waals surface area contributed by atoms with Gasteiger partial charge in [0.1, 0.15) is 12.4 Å². The number of ether oxygens (including phenoxy) is 1. The number of likely N-dealkylation sites (N-methyl/N-ethyl adjacent to an activating group) is 1. The predicted molar refractivity (Wildman–Crippen MR) is 67.6 cm³/mol. The van der Waals surface area contributed by atoms with Crippen LogP contribution in [0.15, 0.2) is 12.1 Å². The number of rotatable bonds is 4. The summed E-state index contributed by atoms with van der Waals surface area (Å²) in [4.78, 5) is 11.4. The fourth-order valence-electron chi connectivity index (χ4n) is 2.01. The van der Waals surface area contributed by atoms with Crippen molar-refractivity contribution in [3.8, 4) is 5.75 Å². The summed E-state index contributed by atoms with van der Waals surface area (Å²) in [6, 6.07) is 3.97. The second kappa shape index (κ2) is 5.19. The second-order valence-electron chi connectivity index (χ2n) is 4.23. The highest BCUT2D eigenvalue weighted by Crippen LogP contribution is 2.33. The molecule has 2 rings (SSSR count). The number of carbonyl (C=O) groups excluding carboxylic acids is 1. The quantitative estimate of drug-likeness (QED) is 0.776. The minimum absolute atomic E-state index is 0.0907. The molecule has 1 aliphatic heterocycles. The Bertz CT molecular complexity index is 430. The van der Waals surface area contributed by atoms with Crippen molar-refractivity contribution in [2.45, 2.75) is 19.8 Å². The van der Waals surface area contributed by atoms with Gasteiger partial charge in [-0.05, 0) is 32.0 Å². The fraction of sp³-hybridized carbons (Fsp3) is 0.462. The highest BCUT2D eigenvalue weighted by Gasteiger charge is 2.20. The van der Waals surface area contributed by atoms with Crippen molar-refractivity contribution in [2.75, 3.05) is 25.5 Å². The van der Waals surface area contributed by atoms with Gasteiger partial charge in [-0.3, -0.25) is 4.79 Å². The monoisotopic (exact) mass is 234 g/mol. The summed E-state index contributed by atoms with van der Waals surface area (Å²) in [6.07, 6.45) is 1.30. The molecular formula is C13H18N2O2. The van der Waals surface area contributed by atoms with Crippen molar-refractivity contribution < 1.29 is 9.53 Å². The van der Waals surface area contributed by atoms with Gasteiger partial charge < -0.3 is 15.4 Å². The molecule has 0 saturated heterocycles. The molecule has 0 fully saturated rings. The van der Waals surface area contributed by atoms with Crippen LogP contribution in [-0.4, -0.2) is 26.1 Å². The van der Waals surface area contributed by atoms with Gasteiger partial charge in [0.05, 0.1) is 5.69 Å². The van der Waals surface area contributed by atoms with Crippen molar-refractivity contribution in [3.63, 3.8) is 0 Å². The summed E-state index contributed by atoms with van der Waals surface area (Å²) in [5.74, 6) is 0.980. The highest BCUT2D eigenvalue weighted by atomic mass is 16.5. The average molecular weight is 234 g/mol. The molecule has 0 bridgehead atoms. The maximum atomic E-state index is 11.4. The van der Waals surface area contributed by atoms with E-state index in [0.717, 1.165) is 35.5 Å². The van der Waals surface area contributed by atoms with E-state index in [1.54, 1.807) is 0 Å². The zero-order chi connectivity index (χ0) is 12.3. The molecule has 4 nitrogen and oxygen atoms in total. The maximum absolute atomic E-state index is 11.4. The molecule has 0 radical (unpaired) electrons. The van der Waals surface area contributed by atoms with Crippen LogP contribution in [0.1, 0.15) is 17.5 Å². The molecule has 1 aromatic carbocycles. The smallest absolute Gasteiger partial charge is 0.224 e. The lowest BCUT2D eigenvalue weighted by Gasteiger charge is -2.22. The first-order chi connectivity index (χ1) is 8.22. The van der Waals surface area contributed by atoms with E-state index in [9.17, 15) is 4.79 Å². The van der Waals surface area contributed by atoms with Gasteiger partial charge >= 0.3 is 0 Å². The van der Waals surface area contributed by atoms with Gasteiger partial charge in [0.25, 0.3) is 0 Å². The Morgan fingerprint density at radius 2 is 2.24 bits per heavy atom. The number of carbonyl (C=O) groups is 1. The summed E-state index contributed by atoms with van der Waals surface area (Å²) >= 11 is 0. The third-order valence-electron chi connectivity index (χ3n) is 2.95. The number of benzene rings is 1. The van der Waals surface area contributed by atoms with E-state index in [1.165, 1.54) is 0 Å². The van der Waals surface area contributed by atoms with Crippen LogP contribution in [0.2, 0.25) is 0 Å². The summed E-state index contributed by atoms with van der Waals surface area (Å²) in [5.41, 5.74) is 3.15. The van der Waals surface area contributed by atoms with E-state index in [-0.39, 0.29) is 5.91 Å². The number of hydrogen-bond acceptors (Lipinski definition) is 3. The standard InChI is InChI=1S/C13H18N2O2/c1-9-3-5-11(17-8-7-14-2)10-4-6-12(16)15-13(9)10/h3,5,14H,4,6-8H2,1-2H3,(H,15,16). The molecule has 2 N–H and O–H groups in total. The Morgan fingerprint density at radius 1 is 1.41 bits per heavy atom. The molecule has 0 atom stereocenters. The SMILES string of the molecule is CNCCOc1ccc(C)c2c1CCC(=O)N2. The first kappa shape index (κ1) is 11.9. The van der Waals surface area contributed by atoms with Crippen LogP contribution in [0, 0.1) is 6.92 Å². The molecule has 0 unspecified atom stereocenters. The minimum Gasteiger partial charge on any atom is -0.492 e. The van der Waals surface area contributed by atoms with E-state index in [1.807, 2.05) is 26.1 Å². The van der Waals surface area contributed by atoms with Gasteiger partial charge in [-0.1, -0.05) is 6.07 Å². The Labute approximate surface area is 101 Å². The van der Waals surface area contributed by atoms with Gasteiger partial charge in [0, 0.05) is 18.5 Å². The van der Waals surface area contributed by atoms with Crippen LogP contribution >= 0.6 is 0 Å². The molecule has 1 heterocycles. The van der Waals surface area contributed by atoms with E-state index in [0.29, 0.717) is 13.0 Å². The van der Waals surface area contributed by atoms with Crippen LogP contribution in [0.3, 0.4) is 0 Å². The molecule has 0 aromatic heterocycles. The topological polar surface area (TPSA) is 50.4 Å². The molecule has 1 aromatic rings. The third kappa shape index (κ3) is 2.58. The van der Waals surface area contributed by atoms with Crippen molar-refractivity contribution in [2.24, 2.45) is 0 Å². The van der Waals surface area contributed by atoms with Crippen LogP contribution in [0.4, 0.5) is 5.69 Å². The molecule has 1 aliphatic rings. The second-order valence-corrected chi connectivity index (χ2v) is 4.23. The average Bonchev–Trinajstić information content (AvgIpc) is 2.33. The Hall–Kier alpha value is -1.55. The Morgan fingerprint density at radius 3 is 3.00 bits per heavy atom. The molecule has 0 aliphatic carbocycles. The Balaban J connectivity index is 2.23. The molecule has 4 heteroatoms. The number of nitrogens with one attached hydrogen (secondary N) is 2.